The van der Waals surface area contributed by atoms with Crippen LogP contribution in [0.4, 0.5) is 5.69 Å². The van der Waals surface area contributed by atoms with Crippen molar-refractivity contribution in [2.24, 2.45) is 5.92 Å². The maximum atomic E-state index is 5.51. The van der Waals surface area contributed by atoms with E-state index in [1.54, 1.807) is 0 Å². The second-order valence-electron chi connectivity index (χ2n) is 5.17. The number of hydrogen-bond donors (Lipinski definition) is 1. The molecule has 3 rings (SSSR count). The lowest BCUT2D eigenvalue weighted by Crippen LogP contribution is -2.32. The van der Waals surface area contributed by atoms with Gasteiger partial charge in [-0.15, -0.1) is 0 Å². The Morgan fingerprint density at radius 1 is 1.42 bits per heavy atom. The van der Waals surface area contributed by atoms with Gasteiger partial charge in [0.05, 0.1) is 0 Å². The first-order valence-electron chi connectivity index (χ1n) is 6.63. The summed E-state index contributed by atoms with van der Waals surface area (Å²) >= 11 is 5.51. The van der Waals surface area contributed by atoms with Gasteiger partial charge in [0.1, 0.15) is 0 Å². The summed E-state index contributed by atoms with van der Waals surface area (Å²) in [5.74, 6) is 0.733. The van der Waals surface area contributed by atoms with Gasteiger partial charge in [-0.25, -0.2) is 0 Å². The number of fused-ring (bicyclic) bond motifs is 1. The summed E-state index contributed by atoms with van der Waals surface area (Å²) in [7, 11) is 0. The van der Waals surface area contributed by atoms with E-state index in [-0.39, 0.29) is 0 Å². The first kappa shape index (κ1) is 12.4. The molecule has 0 spiro atoms. The van der Waals surface area contributed by atoms with E-state index in [2.05, 4.69) is 34.3 Å². The van der Waals surface area contributed by atoms with Crippen molar-refractivity contribution in [3.8, 4) is 0 Å². The van der Waals surface area contributed by atoms with Crippen molar-refractivity contribution in [2.45, 2.75) is 13.3 Å². The average molecular weight is 271 g/mol. The SMILES string of the molecule is CC1CCN(C(=S)Nc2cccc3cnccc23)C1. The van der Waals surface area contributed by atoms with Crippen LogP contribution < -0.4 is 5.32 Å². The Morgan fingerprint density at radius 2 is 2.32 bits per heavy atom. The summed E-state index contributed by atoms with van der Waals surface area (Å²) in [6, 6.07) is 8.18. The smallest absolute Gasteiger partial charge is 0.173 e. The van der Waals surface area contributed by atoms with Gasteiger partial charge in [0.15, 0.2) is 5.11 Å². The topological polar surface area (TPSA) is 28.2 Å². The summed E-state index contributed by atoms with van der Waals surface area (Å²) in [6.07, 6.45) is 4.91. The molecule has 98 valence electrons. The standard InChI is InChI=1S/C15H17N3S/c1-11-6-8-18(10-11)15(19)17-14-4-2-3-12-9-16-7-5-13(12)14/h2-5,7,9,11H,6,8,10H2,1H3,(H,17,19). The van der Waals surface area contributed by atoms with Gasteiger partial charge in [-0.3, -0.25) is 4.98 Å². The van der Waals surface area contributed by atoms with Crippen molar-refractivity contribution in [3.63, 3.8) is 0 Å². The molecule has 1 aliphatic heterocycles. The Kier molecular flexibility index (Phi) is 3.34. The fourth-order valence-electron chi connectivity index (χ4n) is 2.55. The van der Waals surface area contributed by atoms with E-state index < -0.39 is 0 Å². The van der Waals surface area contributed by atoms with Crippen LogP contribution in [-0.4, -0.2) is 28.1 Å². The molecular formula is C15H17N3S. The number of nitrogens with one attached hydrogen (secondary N) is 1. The molecule has 1 aliphatic rings. The van der Waals surface area contributed by atoms with Crippen LogP contribution >= 0.6 is 12.2 Å². The van der Waals surface area contributed by atoms with Crippen LogP contribution in [0.5, 0.6) is 0 Å². The summed E-state index contributed by atoms with van der Waals surface area (Å²) in [6.45, 7) is 4.38. The number of benzene rings is 1. The van der Waals surface area contributed by atoms with Gasteiger partial charge in [-0.2, -0.15) is 0 Å². The molecule has 1 N–H and O–H groups in total. The van der Waals surface area contributed by atoms with Crippen molar-refractivity contribution in [1.29, 1.82) is 0 Å². The molecule has 0 bridgehead atoms. The Labute approximate surface area is 118 Å². The zero-order chi connectivity index (χ0) is 13.2. The summed E-state index contributed by atoms with van der Waals surface area (Å²) in [5.41, 5.74) is 1.06. The lowest BCUT2D eigenvalue weighted by atomic mass is 10.1. The molecule has 19 heavy (non-hydrogen) atoms. The number of pyridine rings is 1. The fraction of sp³-hybridized carbons (Fsp3) is 0.333. The number of rotatable bonds is 1. The van der Waals surface area contributed by atoms with Crippen LogP contribution in [0.25, 0.3) is 10.8 Å². The summed E-state index contributed by atoms with van der Waals surface area (Å²) < 4.78 is 0. The van der Waals surface area contributed by atoms with Crippen molar-refractivity contribution in [2.75, 3.05) is 18.4 Å². The molecule has 3 nitrogen and oxygen atoms in total. The molecule has 0 aliphatic carbocycles. The van der Waals surface area contributed by atoms with Crippen LogP contribution in [0.15, 0.2) is 36.7 Å². The molecule has 1 fully saturated rings. The lowest BCUT2D eigenvalue weighted by Gasteiger charge is -2.20. The third-order valence-electron chi connectivity index (χ3n) is 3.63. The van der Waals surface area contributed by atoms with Crippen LogP contribution in [0, 0.1) is 5.92 Å². The Balaban J connectivity index is 1.83. The number of hydrogen-bond acceptors (Lipinski definition) is 2. The van der Waals surface area contributed by atoms with Crippen molar-refractivity contribution < 1.29 is 0 Å². The predicted octanol–water partition coefficient (Wildman–Crippen LogP) is 3.27. The van der Waals surface area contributed by atoms with E-state index in [0.717, 1.165) is 40.6 Å². The molecule has 1 atom stereocenters. The first-order valence-corrected chi connectivity index (χ1v) is 7.03. The van der Waals surface area contributed by atoms with Gasteiger partial charge in [-0.1, -0.05) is 19.1 Å². The van der Waals surface area contributed by atoms with Gasteiger partial charge in [0.25, 0.3) is 0 Å². The van der Waals surface area contributed by atoms with E-state index >= 15 is 0 Å². The highest BCUT2D eigenvalue weighted by atomic mass is 32.1. The molecule has 1 saturated heterocycles. The predicted molar refractivity (Wildman–Crippen MR) is 83.3 cm³/mol. The van der Waals surface area contributed by atoms with Crippen molar-refractivity contribution >= 4 is 33.8 Å². The van der Waals surface area contributed by atoms with Crippen molar-refractivity contribution in [1.82, 2.24) is 9.88 Å². The minimum Gasteiger partial charge on any atom is -0.349 e. The molecular weight excluding hydrogens is 254 g/mol. The van der Waals surface area contributed by atoms with Crippen LogP contribution in [0.3, 0.4) is 0 Å². The second kappa shape index (κ2) is 5.13. The number of anilines is 1. The molecule has 1 unspecified atom stereocenters. The highest BCUT2D eigenvalue weighted by Crippen LogP contribution is 2.23. The Hall–Kier alpha value is -1.68. The molecule has 0 amide bonds. The molecule has 0 radical (unpaired) electrons. The van der Waals surface area contributed by atoms with Crippen LogP contribution in [0.2, 0.25) is 0 Å². The van der Waals surface area contributed by atoms with E-state index in [1.165, 1.54) is 6.42 Å². The van der Waals surface area contributed by atoms with Crippen LogP contribution in [0.1, 0.15) is 13.3 Å². The quantitative estimate of drug-likeness (QED) is 0.806. The summed E-state index contributed by atoms with van der Waals surface area (Å²) in [4.78, 5) is 6.40. The zero-order valence-electron chi connectivity index (χ0n) is 11.0. The third kappa shape index (κ3) is 2.54. The van der Waals surface area contributed by atoms with E-state index in [1.807, 2.05) is 24.5 Å². The third-order valence-corrected chi connectivity index (χ3v) is 3.99. The molecule has 0 saturated carbocycles. The highest BCUT2D eigenvalue weighted by molar-refractivity contribution is 7.80. The number of likely N-dealkylation sites (tertiary alicyclic amines) is 1. The fourth-order valence-corrected chi connectivity index (χ4v) is 2.82. The van der Waals surface area contributed by atoms with Gasteiger partial charge in [-0.05, 0) is 36.7 Å². The average Bonchev–Trinajstić information content (AvgIpc) is 2.86. The summed E-state index contributed by atoms with van der Waals surface area (Å²) in [5, 5.41) is 6.49. The monoisotopic (exact) mass is 271 g/mol. The molecule has 1 aromatic carbocycles. The maximum absolute atomic E-state index is 5.51. The van der Waals surface area contributed by atoms with E-state index in [0.29, 0.717) is 0 Å². The minimum atomic E-state index is 0.733. The lowest BCUT2D eigenvalue weighted by molar-refractivity contribution is 0.501. The maximum Gasteiger partial charge on any atom is 0.173 e. The van der Waals surface area contributed by atoms with Crippen LogP contribution in [-0.2, 0) is 0 Å². The molecule has 1 aromatic heterocycles. The number of nitrogens with zero attached hydrogens (tertiary/aromatic N) is 2. The molecule has 2 aromatic rings. The number of aromatic nitrogens is 1. The largest absolute Gasteiger partial charge is 0.349 e. The highest BCUT2D eigenvalue weighted by Gasteiger charge is 2.20. The molecule has 4 heteroatoms. The zero-order valence-corrected chi connectivity index (χ0v) is 11.8. The first-order chi connectivity index (χ1) is 9.24. The van der Waals surface area contributed by atoms with E-state index in [4.69, 9.17) is 12.2 Å². The van der Waals surface area contributed by atoms with Crippen molar-refractivity contribution in [3.05, 3.63) is 36.7 Å². The van der Waals surface area contributed by atoms with Gasteiger partial charge >= 0.3 is 0 Å². The molecule has 2 heterocycles. The Bertz CT molecular complexity index is 606. The van der Waals surface area contributed by atoms with Gasteiger partial charge < -0.3 is 10.2 Å². The van der Waals surface area contributed by atoms with Gasteiger partial charge in [0.2, 0.25) is 0 Å². The Morgan fingerprint density at radius 3 is 3.11 bits per heavy atom. The number of thiocarbonyl (C=S) groups is 1. The normalized spacial score (nSPS) is 18.8. The minimum absolute atomic E-state index is 0.733. The second-order valence-corrected chi connectivity index (χ2v) is 5.56. The van der Waals surface area contributed by atoms with E-state index in [9.17, 15) is 0 Å². The van der Waals surface area contributed by atoms with Gasteiger partial charge in [0, 0.05) is 41.9 Å².